The van der Waals surface area contributed by atoms with Crippen molar-refractivity contribution in [2.24, 2.45) is 0 Å². The van der Waals surface area contributed by atoms with Crippen LogP contribution in [0, 0.1) is 0 Å². The summed E-state index contributed by atoms with van der Waals surface area (Å²) in [5.74, 6) is 1.35. The number of amides is 1. The van der Waals surface area contributed by atoms with Crippen LogP contribution in [0.2, 0.25) is 0 Å². The van der Waals surface area contributed by atoms with Gasteiger partial charge in [-0.25, -0.2) is 4.98 Å². The molecule has 5 rings (SSSR count). The van der Waals surface area contributed by atoms with Gasteiger partial charge < -0.3 is 4.90 Å². The van der Waals surface area contributed by atoms with E-state index in [-0.39, 0.29) is 5.91 Å². The fraction of sp³-hybridized carbons (Fsp3) is 0.217. The van der Waals surface area contributed by atoms with Gasteiger partial charge in [-0.1, -0.05) is 42.5 Å². The fourth-order valence-corrected chi connectivity index (χ4v) is 3.83. The van der Waals surface area contributed by atoms with Crippen LogP contribution in [-0.2, 0) is 6.54 Å². The van der Waals surface area contributed by atoms with Crippen molar-refractivity contribution in [1.82, 2.24) is 29.4 Å². The number of piperazine rings is 1. The maximum absolute atomic E-state index is 12.9. The van der Waals surface area contributed by atoms with E-state index in [2.05, 4.69) is 44.3 Å². The summed E-state index contributed by atoms with van der Waals surface area (Å²) >= 11 is 0. The van der Waals surface area contributed by atoms with Crippen molar-refractivity contribution in [2.45, 2.75) is 6.54 Å². The Morgan fingerprint density at radius 1 is 0.867 bits per heavy atom. The van der Waals surface area contributed by atoms with Crippen molar-refractivity contribution < 1.29 is 4.79 Å². The van der Waals surface area contributed by atoms with E-state index in [9.17, 15) is 4.79 Å². The number of hydrogen-bond donors (Lipinski definition) is 0. The van der Waals surface area contributed by atoms with Gasteiger partial charge in [0.2, 0.25) is 0 Å². The van der Waals surface area contributed by atoms with Gasteiger partial charge in [-0.15, -0.1) is 10.2 Å². The second-order valence-corrected chi connectivity index (χ2v) is 7.44. The normalized spacial score (nSPS) is 14.9. The Hall–Kier alpha value is -3.58. The molecule has 0 bridgehead atoms. The van der Waals surface area contributed by atoms with Gasteiger partial charge in [0.1, 0.15) is 0 Å². The first kappa shape index (κ1) is 18.4. The third-order valence-electron chi connectivity index (χ3n) is 5.49. The summed E-state index contributed by atoms with van der Waals surface area (Å²) in [5.41, 5.74) is 2.91. The summed E-state index contributed by atoms with van der Waals surface area (Å²) in [7, 11) is 0. The lowest BCUT2D eigenvalue weighted by Gasteiger charge is -2.34. The summed E-state index contributed by atoms with van der Waals surface area (Å²) in [4.78, 5) is 21.5. The molecule has 0 atom stereocenters. The van der Waals surface area contributed by atoms with Crippen molar-refractivity contribution in [3.05, 3.63) is 84.2 Å². The van der Waals surface area contributed by atoms with Crippen LogP contribution in [0.1, 0.15) is 15.9 Å². The number of aromatic nitrogens is 4. The number of benzene rings is 2. The molecule has 150 valence electrons. The molecule has 4 aromatic rings. The van der Waals surface area contributed by atoms with E-state index in [0.29, 0.717) is 17.2 Å². The monoisotopic (exact) mass is 398 g/mol. The Morgan fingerprint density at radius 3 is 2.40 bits per heavy atom. The Morgan fingerprint density at radius 2 is 1.63 bits per heavy atom. The smallest absolute Gasteiger partial charge is 0.255 e. The fourth-order valence-electron chi connectivity index (χ4n) is 3.83. The summed E-state index contributed by atoms with van der Waals surface area (Å²) in [6.45, 7) is 4.19. The second kappa shape index (κ2) is 8.04. The van der Waals surface area contributed by atoms with E-state index in [1.54, 1.807) is 6.20 Å². The quantitative estimate of drug-likeness (QED) is 0.529. The molecule has 1 fully saturated rings. The minimum Gasteiger partial charge on any atom is -0.336 e. The summed E-state index contributed by atoms with van der Waals surface area (Å²) in [6.07, 6.45) is 3.57. The molecule has 1 aliphatic heterocycles. The van der Waals surface area contributed by atoms with Gasteiger partial charge in [0, 0.05) is 56.2 Å². The van der Waals surface area contributed by atoms with Crippen LogP contribution in [0.15, 0.2) is 73.1 Å². The average molecular weight is 398 g/mol. The van der Waals surface area contributed by atoms with Gasteiger partial charge >= 0.3 is 0 Å². The zero-order chi connectivity index (χ0) is 20.3. The number of nitrogens with zero attached hydrogens (tertiary/aromatic N) is 6. The number of fused-ring (bicyclic) bond motifs is 1. The lowest BCUT2D eigenvalue weighted by Crippen LogP contribution is -2.48. The molecule has 1 saturated heterocycles. The highest BCUT2D eigenvalue weighted by Gasteiger charge is 2.22. The molecule has 1 aliphatic rings. The highest BCUT2D eigenvalue weighted by molar-refractivity contribution is 5.94. The molecule has 1 amide bonds. The highest BCUT2D eigenvalue weighted by atomic mass is 16.2. The largest absolute Gasteiger partial charge is 0.336 e. The number of carbonyl (C=O) groups excluding carboxylic acids is 1. The molecular weight excluding hydrogens is 376 g/mol. The van der Waals surface area contributed by atoms with E-state index >= 15 is 0 Å². The zero-order valence-corrected chi connectivity index (χ0v) is 16.6. The second-order valence-electron chi connectivity index (χ2n) is 7.44. The molecule has 2 aromatic carbocycles. The third-order valence-corrected chi connectivity index (χ3v) is 5.49. The van der Waals surface area contributed by atoms with Gasteiger partial charge in [-0.05, 0) is 23.8 Å². The molecule has 3 heterocycles. The minimum absolute atomic E-state index is 0.0775. The minimum atomic E-state index is 0.0775. The van der Waals surface area contributed by atoms with Crippen LogP contribution >= 0.6 is 0 Å². The molecule has 0 N–H and O–H groups in total. The molecule has 0 radical (unpaired) electrons. The maximum Gasteiger partial charge on any atom is 0.255 e. The molecule has 0 unspecified atom stereocenters. The summed E-state index contributed by atoms with van der Waals surface area (Å²) in [6, 6.07) is 19.9. The van der Waals surface area contributed by atoms with Crippen LogP contribution in [0.4, 0.5) is 0 Å². The number of rotatable bonds is 4. The van der Waals surface area contributed by atoms with Gasteiger partial charge in [0.15, 0.2) is 5.82 Å². The molecule has 0 aliphatic carbocycles. The van der Waals surface area contributed by atoms with Crippen molar-refractivity contribution in [2.75, 3.05) is 26.2 Å². The summed E-state index contributed by atoms with van der Waals surface area (Å²) in [5, 5.41) is 8.31. The molecule has 0 saturated carbocycles. The van der Waals surface area contributed by atoms with Crippen molar-refractivity contribution >= 4 is 11.7 Å². The van der Waals surface area contributed by atoms with E-state index in [4.69, 9.17) is 0 Å². The SMILES string of the molecule is O=C(c1ccc(-c2nnc3ncccn23)cc1)N1CCN(Cc2ccccc2)CC1. The molecule has 2 aromatic heterocycles. The van der Waals surface area contributed by atoms with Crippen LogP contribution < -0.4 is 0 Å². The van der Waals surface area contributed by atoms with E-state index in [1.165, 1.54) is 5.56 Å². The van der Waals surface area contributed by atoms with Gasteiger partial charge in [-0.2, -0.15) is 0 Å². The van der Waals surface area contributed by atoms with Crippen molar-refractivity contribution in [3.8, 4) is 11.4 Å². The maximum atomic E-state index is 12.9. The van der Waals surface area contributed by atoms with Crippen molar-refractivity contribution in [3.63, 3.8) is 0 Å². The standard InChI is InChI=1S/C23H22N6O/c30-22(28-15-13-27(14-16-28)17-18-5-2-1-3-6-18)20-9-7-19(8-10-20)21-25-26-23-24-11-4-12-29(21)23/h1-12H,13-17H2. The first-order valence-corrected chi connectivity index (χ1v) is 10.1. The van der Waals surface area contributed by atoms with E-state index < -0.39 is 0 Å². The van der Waals surface area contributed by atoms with Crippen LogP contribution in [0.5, 0.6) is 0 Å². The number of hydrogen-bond acceptors (Lipinski definition) is 5. The zero-order valence-electron chi connectivity index (χ0n) is 16.6. The first-order valence-electron chi connectivity index (χ1n) is 10.1. The average Bonchev–Trinajstić information content (AvgIpc) is 3.24. The highest BCUT2D eigenvalue weighted by Crippen LogP contribution is 2.19. The molecule has 7 heteroatoms. The lowest BCUT2D eigenvalue weighted by molar-refractivity contribution is 0.0628. The Kier molecular flexibility index (Phi) is 4.94. The predicted octanol–water partition coefficient (Wildman–Crippen LogP) is 2.75. The predicted molar refractivity (Wildman–Crippen MR) is 114 cm³/mol. The van der Waals surface area contributed by atoms with Crippen LogP contribution in [-0.4, -0.2) is 61.5 Å². The van der Waals surface area contributed by atoms with Gasteiger partial charge in [0.25, 0.3) is 11.7 Å². The summed E-state index contributed by atoms with van der Waals surface area (Å²) < 4.78 is 1.84. The van der Waals surface area contributed by atoms with Gasteiger partial charge in [-0.3, -0.25) is 14.1 Å². The Labute approximate surface area is 174 Å². The molecular formula is C23H22N6O. The van der Waals surface area contributed by atoms with E-state index in [1.807, 2.05) is 51.9 Å². The van der Waals surface area contributed by atoms with Crippen LogP contribution in [0.25, 0.3) is 17.2 Å². The van der Waals surface area contributed by atoms with Crippen molar-refractivity contribution in [1.29, 1.82) is 0 Å². The first-order chi connectivity index (χ1) is 14.8. The molecule has 30 heavy (non-hydrogen) atoms. The molecule has 7 nitrogen and oxygen atoms in total. The van der Waals surface area contributed by atoms with Crippen LogP contribution in [0.3, 0.4) is 0 Å². The lowest BCUT2D eigenvalue weighted by atomic mass is 10.1. The Balaban J connectivity index is 1.24. The topological polar surface area (TPSA) is 66.6 Å². The Bertz CT molecular complexity index is 1150. The van der Waals surface area contributed by atoms with E-state index in [0.717, 1.165) is 38.3 Å². The molecule has 0 spiro atoms. The number of carbonyl (C=O) groups is 1. The van der Waals surface area contributed by atoms with Gasteiger partial charge in [0.05, 0.1) is 0 Å². The third kappa shape index (κ3) is 3.67.